The molecule has 1 aliphatic heterocycles. The number of aliphatic hydroxyl groups excluding tert-OH is 1. The maximum Gasteiger partial charge on any atom is 0.185 e. The fourth-order valence-corrected chi connectivity index (χ4v) is 3.74. The summed E-state index contributed by atoms with van der Waals surface area (Å²) in [5, 5.41) is 13.6. The summed E-state index contributed by atoms with van der Waals surface area (Å²) in [6, 6.07) is 6.32. The van der Waals surface area contributed by atoms with Gasteiger partial charge in [0.15, 0.2) is 5.13 Å². The molecule has 0 bridgehead atoms. The highest BCUT2D eigenvalue weighted by molar-refractivity contribution is 7.13. The van der Waals surface area contributed by atoms with Crippen LogP contribution in [-0.2, 0) is 0 Å². The van der Waals surface area contributed by atoms with E-state index in [1.54, 1.807) is 11.3 Å². The summed E-state index contributed by atoms with van der Waals surface area (Å²) >= 11 is 1.69. The van der Waals surface area contributed by atoms with Crippen molar-refractivity contribution in [1.82, 2.24) is 9.88 Å². The molecule has 1 unspecified atom stereocenters. The largest absolute Gasteiger partial charge is 0.387 e. The molecule has 0 saturated carbocycles. The van der Waals surface area contributed by atoms with E-state index in [9.17, 15) is 5.11 Å². The number of benzene rings is 1. The van der Waals surface area contributed by atoms with E-state index in [4.69, 9.17) is 0 Å². The molecule has 1 saturated heterocycles. The molecule has 118 valence electrons. The molecule has 1 aromatic heterocycles. The predicted molar refractivity (Wildman–Crippen MR) is 91.6 cm³/mol. The van der Waals surface area contributed by atoms with Gasteiger partial charge in [0.25, 0.3) is 0 Å². The van der Waals surface area contributed by atoms with Crippen molar-refractivity contribution in [2.24, 2.45) is 0 Å². The van der Waals surface area contributed by atoms with Gasteiger partial charge in [-0.3, -0.25) is 4.90 Å². The molecular formula is C17H23N3OS. The molecule has 0 aliphatic carbocycles. The Morgan fingerprint density at radius 1 is 1.14 bits per heavy atom. The average molecular weight is 317 g/mol. The van der Waals surface area contributed by atoms with Crippen LogP contribution < -0.4 is 4.90 Å². The minimum absolute atomic E-state index is 0.412. The number of rotatable bonds is 4. The zero-order valence-electron chi connectivity index (χ0n) is 13.2. The van der Waals surface area contributed by atoms with Crippen molar-refractivity contribution in [1.29, 1.82) is 0 Å². The van der Waals surface area contributed by atoms with Gasteiger partial charge in [-0.05, 0) is 19.4 Å². The first-order valence-electron chi connectivity index (χ1n) is 7.75. The minimum Gasteiger partial charge on any atom is -0.387 e. The van der Waals surface area contributed by atoms with Crippen LogP contribution in [0, 0.1) is 13.8 Å². The number of thiazole rings is 1. The summed E-state index contributed by atoms with van der Waals surface area (Å²) in [6.07, 6.45) is 1.45. The van der Waals surface area contributed by atoms with Gasteiger partial charge in [-0.15, -0.1) is 11.3 Å². The first-order chi connectivity index (χ1) is 10.6. The van der Waals surface area contributed by atoms with Gasteiger partial charge in [0, 0.05) is 44.3 Å². The summed E-state index contributed by atoms with van der Waals surface area (Å²) in [7, 11) is 0. The van der Waals surface area contributed by atoms with Crippen LogP contribution in [0.4, 0.5) is 5.13 Å². The van der Waals surface area contributed by atoms with Crippen molar-refractivity contribution < 1.29 is 5.11 Å². The molecule has 1 N–H and O–H groups in total. The van der Waals surface area contributed by atoms with Crippen LogP contribution in [0.25, 0.3) is 0 Å². The van der Waals surface area contributed by atoms with E-state index in [1.807, 2.05) is 11.6 Å². The second-order valence-electron chi connectivity index (χ2n) is 6.04. The molecule has 1 aromatic carbocycles. The summed E-state index contributed by atoms with van der Waals surface area (Å²) in [6.45, 7) is 8.77. The number of aliphatic hydroxyl groups is 1. The lowest BCUT2D eigenvalue weighted by Crippen LogP contribution is -2.47. The van der Waals surface area contributed by atoms with Crippen molar-refractivity contribution >= 4 is 16.5 Å². The molecule has 0 radical (unpaired) electrons. The number of aromatic nitrogens is 1. The monoisotopic (exact) mass is 317 g/mol. The first kappa shape index (κ1) is 15.5. The highest BCUT2D eigenvalue weighted by Crippen LogP contribution is 2.21. The summed E-state index contributed by atoms with van der Waals surface area (Å²) < 4.78 is 0. The number of β-amino-alcohol motifs (C(OH)–C–C–N with tert-alkyl or cyclic N) is 1. The highest BCUT2D eigenvalue weighted by atomic mass is 32.1. The lowest BCUT2D eigenvalue weighted by molar-refractivity contribution is 0.109. The zero-order chi connectivity index (χ0) is 15.5. The van der Waals surface area contributed by atoms with Gasteiger partial charge < -0.3 is 10.0 Å². The Bertz CT molecular complexity index is 586. The van der Waals surface area contributed by atoms with Crippen molar-refractivity contribution in [2.75, 3.05) is 37.6 Å². The molecular weight excluding hydrogens is 294 g/mol. The molecule has 4 nitrogen and oxygen atoms in total. The topological polar surface area (TPSA) is 39.6 Å². The van der Waals surface area contributed by atoms with Crippen LogP contribution in [0.15, 0.2) is 29.8 Å². The quantitative estimate of drug-likeness (QED) is 0.941. The number of anilines is 1. The number of piperazine rings is 1. The van der Waals surface area contributed by atoms with Crippen molar-refractivity contribution in [3.63, 3.8) is 0 Å². The minimum atomic E-state index is -0.412. The molecule has 3 rings (SSSR count). The lowest BCUT2D eigenvalue weighted by atomic mass is 10.0. The maximum absolute atomic E-state index is 10.5. The fourth-order valence-electron chi connectivity index (χ4n) is 3.05. The maximum atomic E-state index is 10.5. The van der Waals surface area contributed by atoms with Gasteiger partial charge in [-0.1, -0.05) is 29.3 Å². The van der Waals surface area contributed by atoms with Gasteiger partial charge in [0.2, 0.25) is 0 Å². The van der Waals surface area contributed by atoms with E-state index in [0.29, 0.717) is 6.54 Å². The van der Waals surface area contributed by atoms with Crippen molar-refractivity contribution in [2.45, 2.75) is 20.0 Å². The highest BCUT2D eigenvalue weighted by Gasteiger charge is 2.21. The summed E-state index contributed by atoms with van der Waals surface area (Å²) in [4.78, 5) is 9.03. The van der Waals surface area contributed by atoms with E-state index >= 15 is 0 Å². The number of hydrogen-bond acceptors (Lipinski definition) is 5. The van der Waals surface area contributed by atoms with Crippen molar-refractivity contribution in [3.8, 4) is 0 Å². The second-order valence-corrected chi connectivity index (χ2v) is 6.91. The molecule has 0 spiro atoms. The molecule has 2 aromatic rings. The van der Waals surface area contributed by atoms with Gasteiger partial charge in [-0.25, -0.2) is 4.98 Å². The van der Waals surface area contributed by atoms with Crippen LogP contribution in [0.3, 0.4) is 0 Å². The summed E-state index contributed by atoms with van der Waals surface area (Å²) in [5.74, 6) is 0. The average Bonchev–Trinajstić information content (AvgIpc) is 3.01. The molecule has 2 heterocycles. The van der Waals surface area contributed by atoms with Crippen LogP contribution in [0.2, 0.25) is 0 Å². The third-order valence-corrected chi connectivity index (χ3v) is 4.95. The lowest BCUT2D eigenvalue weighted by Gasteiger charge is -2.35. The van der Waals surface area contributed by atoms with Crippen LogP contribution in [0.5, 0.6) is 0 Å². The van der Waals surface area contributed by atoms with Gasteiger partial charge in [0.1, 0.15) is 0 Å². The molecule has 1 fully saturated rings. The SMILES string of the molecule is Cc1cc(C)cc(C(O)CN2CCN(c3nccs3)CC2)c1. The third kappa shape index (κ3) is 3.66. The normalized spacial score (nSPS) is 17.7. The molecule has 1 atom stereocenters. The summed E-state index contributed by atoms with van der Waals surface area (Å²) in [5.41, 5.74) is 3.45. The third-order valence-electron chi connectivity index (χ3n) is 4.12. The Labute approximate surface area is 136 Å². The van der Waals surface area contributed by atoms with E-state index in [1.165, 1.54) is 11.1 Å². The second kappa shape index (κ2) is 6.77. The Morgan fingerprint density at radius 3 is 2.41 bits per heavy atom. The Balaban J connectivity index is 1.56. The van der Waals surface area contributed by atoms with E-state index < -0.39 is 6.10 Å². The number of hydrogen-bond donors (Lipinski definition) is 1. The van der Waals surface area contributed by atoms with E-state index in [-0.39, 0.29) is 0 Å². The Hall–Kier alpha value is -1.43. The molecule has 1 aliphatic rings. The Kier molecular flexibility index (Phi) is 4.76. The van der Waals surface area contributed by atoms with Crippen LogP contribution in [-0.4, -0.2) is 47.7 Å². The van der Waals surface area contributed by atoms with Gasteiger partial charge in [-0.2, -0.15) is 0 Å². The first-order valence-corrected chi connectivity index (χ1v) is 8.63. The smallest absolute Gasteiger partial charge is 0.185 e. The van der Waals surface area contributed by atoms with Crippen LogP contribution >= 0.6 is 11.3 Å². The molecule has 5 heteroatoms. The fraction of sp³-hybridized carbons (Fsp3) is 0.471. The Morgan fingerprint density at radius 2 is 1.82 bits per heavy atom. The zero-order valence-corrected chi connectivity index (χ0v) is 14.0. The molecule has 0 amide bonds. The number of aryl methyl sites for hydroxylation is 2. The molecule has 22 heavy (non-hydrogen) atoms. The van der Waals surface area contributed by atoms with Gasteiger partial charge in [0.05, 0.1) is 6.10 Å². The van der Waals surface area contributed by atoms with Gasteiger partial charge >= 0.3 is 0 Å². The standard InChI is InChI=1S/C17H23N3OS/c1-13-9-14(2)11-15(10-13)16(21)12-19-4-6-20(7-5-19)17-18-3-8-22-17/h3,8-11,16,21H,4-7,12H2,1-2H3. The predicted octanol–water partition coefficient (Wildman–Crippen LogP) is 2.62. The van der Waals surface area contributed by atoms with E-state index in [2.05, 4.69) is 46.8 Å². The van der Waals surface area contributed by atoms with Crippen LogP contribution in [0.1, 0.15) is 22.8 Å². The van der Waals surface area contributed by atoms with E-state index in [0.717, 1.165) is 36.9 Å². The van der Waals surface area contributed by atoms with Crippen molar-refractivity contribution in [3.05, 3.63) is 46.5 Å². The number of nitrogens with zero attached hydrogens (tertiary/aromatic N) is 3.